The number of ether oxygens (including phenoxy) is 1. The average molecular weight is 386 g/mol. The third-order valence-corrected chi connectivity index (χ3v) is 4.13. The summed E-state index contributed by atoms with van der Waals surface area (Å²) in [5.41, 5.74) is 2.94. The monoisotopic (exact) mass is 386 g/mol. The molecule has 3 N–H and O–H groups in total. The largest absolute Gasteiger partial charge is 0.496 e. The average Bonchev–Trinajstić information content (AvgIpc) is 2.69. The number of halogens is 1. The number of carbonyl (C=O) groups is 1. The Kier molecular flexibility index (Phi) is 8.27. The number of nitrogens with zero attached hydrogens (tertiary/aromatic N) is 1. The molecule has 0 aliphatic rings. The van der Waals surface area contributed by atoms with Crippen LogP contribution in [0.1, 0.15) is 16.7 Å². The number of methoxy groups -OCH3 is 1. The minimum Gasteiger partial charge on any atom is -0.496 e. The molecule has 0 fully saturated rings. The zero-order valence-corrected chi connectivity index (χ0v) is 16.5. The van der Waals surface area contributed by atoms with Crippen molar-refractivity contribution in [2.24, 2.45) is 4.99 Å². The van der Waals surface area contributed by atoms with Crippen molar-refractivity contribution in [1.82, 2.24) is 16.0 Å². The van der Waals surface area contributed by atoms with E-state index in [-0.39, 0.29) is 18.1 Å². The lowest BCUT2D eigenvalue weighted by atomic mass is 10.1. The smallest absolute Gasteiger partial charge is 0.224 e. The van der Waals surface area contributed by atoms with Crippen molar-refractivity contribution >= 4 is 11.9 Å². The van der Waals surface area contributed by atoms with Gasteiger partial charge in [-0.2, -0.15) is 0 Å². The lowest BCUT2D eigenvalue weighted by molar-refractivity contribution is -0.120. The van der Waals surface area contributed by atoms with Gasteiger partial charge in [0.1, 0.15) is 11.6 Å². The first-order valence-corrected chi connectivity index (χ1v) is 9.11. The van der Waals surface area contributed by atoms with Crippen LogP contribution < -0.4 is 20.7 Å². The fraction of sp³-hybridized carbons (Fsp3) is 0.333. The van der Waals surface area contributed by atoms with E-state index in [0.29, 0.717) is 25.6 Å². The van der Waals surface area contributed by atoms with Crippen molar-refractivity contribution in [3.05, 3.63) is 65.0 Å². The Morgan fingerprint density at radius 2 is 1.79 bits per heavy atom. The number of amides is 1. The van der Waals surface area contributed by atoms with E-state index in [1.807, 2.05) is 25.1 Å². The van der Waals surface area contributed by atoms with Gasteiger partial charge in [-0.3, -0.25) is 9.79 Å². The Morgan fingerprint density at radius 3 is 2.46 bits per heavy atom. The van der Waals surface area contributed by atoms with Crippen LogP contribution in [0, 0.1) is 12.7 Å². The number of aryl methyl sites for hydroxylation is 1. The van der Waals surface area contributed by atoms with Gasteiger partial charge in [0.05, 0.1) is 13.5 Å². The second-order valence-electron chi connectivity index (χ2n) is 6.32. The third-order valence-electron chi connectivity index (χ3n) is 4.13. The van der Waals surface area contributed by atoms with E-state index >= 15 is 0 Å². The van der Waals surface area contributed by atoms with Gasteiger partial charge in [0.2, 0.25) is 5.91 Å². The molecule has 0 saturated heterocycles. The lowest BCUT2D eigenvalue weighted by Gasteiger charge is -2.14. The molecule has 0 spiro atoms. The number of aliphatic imine (C=N–C) groups is 1. The fourth-order valence-corrected chi connectivity index (χ4v) is 2.63. The van der Waals surface area contributed by atoms with Gasteiger partial charge >= 0.3 is 0 Å². The number of nitrogens with one attached hydrogen (secondary N) is 3. The Balaban J connectivity index is 1.71. The molecule has 2 rings (SSSR count). The van der Waals surface area contributed by atoms with Gasteiger partial charge in [-0.1, -0.05) is 24.3 Å². The van der Waals surface area contributed by atoms with Crippen molar-refractivity contribution in [2.75, 3.05) is 27.2 Å². The maximum atomic E-state index is 12.9. The highest BCUT2D eigenvalue weighted by Gasteiger charge is 2.06. The molecule has 0 heterocycles. The number of rotatable bonds is 8. The maximum absolute atomic E-state index is 12.9. The summed E-state index contributed by atoms with van der Waals surface area (Å²) in [4.78, 5) is 16.1. The van der Waals surface area contributed by atoms with Crippen LogP contribution >= 0.6 is 0 Å². The zero-order valence-electron chi connectivity index (χ0n) is 16.5. The number of carbonyl (C=O) groups excluding carboxylic acids is 1. The molecule has 0 aromatic heterocycles. The third kappa shape index (κ3) is 6.90. The van der Waals surface area contributed by atoms with Gasteiger partial charge in [0, 0.05) is 32.2 Å². The van der Waals surface area contributed by atoms with Crippen molar-refractivity contribution < 1.29 is 13.9 Å². The molecule has 2 aromatic rings. The predicted molar refractivity (Wildman–Crippen MR) is 109 cm³/mol. The maximum Gasteiger partial charge on any atom is 0.224 e. The minimum atomic E-state index is -0.310. The highest BCUT2D eigenvalue weighted by molar-refractivity contribution is 5.80. The number of guanidine groups is 1. The van der Waals surface area contributed by atoms with Gasteiger partial charge < -0.3 is 20.7 Å². The minimum absolute atomic E-state index is 0.110. The van der Waals surface area contributed by atoms with Gasteiger partial charge in [0.15, 0.2) is 5.96 Å². The molecule has 7 heteroatoms. The van der Waals surface area contributed by atoms with E-state index in [1.165, 1.54) is 12.1 Å². The summed E-state index contributed by atoms with van der Waals surface area (Å²) in [6.07, 6.45) is 0.223. The normalized spacial score (nSPS) is 11.1. The Bertz CT molecular complexity index is 807. The first-order chi connectivity index (χ1) is 13.5. The molecule has 0 aliphatic carbocycles. The zero-order chi connectivity index (χ0) is 20.4. The van der Waals surface area contributed by atoms with Crippen molar-refractivity contribution in [3.63, 3.8) is 0 Å². The molecule has 0 radical (unpaired) electrons. The SMILES string of the molecule is CN=C(NCCNC(=O)Cc1ccc(F)cc1)NCc1ccc(C)cc1OC. The number of hydrogen-bond acceptors (Lipinski definition) is 3. The van der Waals surface area contributed by atoms with E-state index in [0.717, 1.165) is 22.4 Å². The van der Waals surface area contributed by atoms with E-state index in [9.17, 15) is 9.18 Å². The van der Waals surface area contributed by atoms with Crippen LogP contribution in [0.5, 0.6) is 5.75 Å². The molecule has 6 nitrogen and oxygen atoms in total. The summed E-state index contributed by atoms with van der Waals surface area (Å²) in [5.74, 6) is 1.04. The van der Waals surface area contributed by atoms with Gasteiger partial charge in [-0.05, 0) is 36.2 Å². The first-order valence-electron chi connectivity index (χ1n) is 9.11. The van der Waals surface area contributed by atoms with Gasteiger partial charge in [-0.25, -0.2) is 4.39 Å². The van der Waals surface area contributed by atoms with Crippen LogP contribution in [0.2, 0.25) is 0 Å². The molecule has 0 saturated carbocycles. The van der Waals surface area contributed by atoms with Crippen molar-refractivity contribution in [3.8, 4) is 5.75 Å². The molecular weight excluding hydrogens is 359 g/mol. The van der Waals surface area contributed by atoms with Gasteiger partial charge in [-0.15, -0.1) is 0 Å². The topological polar surface area (TPSA) is 74.8 Å². The fourth-order valence-electron chi connectivity index (χ4n) is 2.63. The standard InChI is InChI=1S/C21H27FN4O2/c1-15-4-7-17(19(12-15)28-3)14-26-21(23-2)25-11-10-24-20(27)13-16-5-8-18(22)9-6-16/h4-9,12H,10-11,13-14H2,1-3H3,(H,24,27)(H2,23,25,26). The van der Waals surface area contributed by atoms with E-state index in [4.69, 9.17) is 4.74 Å². The Labute approximate surface area is 165 Å². The van der Waals surface area contributed by atoms with Crippen molar-refractivity contribution in [2.45, 2.75) is 19.9 Å². The van der Waals surface area contributed by atoms with Crippen LogP contribution in [0.15, 0.2) is 47.5 Å². The van der Waals surface area contributed by atoms with E-state index in [1.54, 1.807) is 26.3 Å². The van der Waals surface area contributed by atoms with Crippen LogP contribution in [0.4, 0.5) is 4.39 Å². The summed E-state index contributed by atoms with van der Waals surface area (Å²) in [6.45, 7) is 3.57. The Hall–Kier alpha value is -3.09. The molecule has 150 valence electrons. The van der Waals surface area contributed by atoms with Crippen LogP contribution in [0.3, 0.4) is 0 Å². The summed E-state index contributed by atoms with van der Waals surface area (Å²) in [6, 6.07) is 12.0. The number of benzene rings is 2. The van der Waals surface area contributed by atoms with Crippen molar-refractivity contribution in [1.29, 1.82) is 0 Å². The summed E-state index contributed by atoms with van der Waals surface area (Å²) in [5, 5.41) is 9.20. The summed E-state index contributed by atoms with van der Waals surface area (Å²) >= 11 is 0. The highest BCUT2D eigenvalue weighted by atomic mass is 19.1. The molecule has 0 atom stereocenters. The molecule has 0 unspecified atom stereocenters. The Morgan fingerprint density at radius 1 is 1.07 bits per heavy atom. The molecule has 1 amide bonds. The molecule has 28 heavy (non-hydrogen) atoms. The lowest BCUT2D eigenvalue weighted by Crippen LogP contribution is -2.41. The van der Waals surface area contributed by atoms with E-state index in [2.05, 4.69) is 20.9 Å². The van der Waals surface area contributed by atoms with Crippen LogP contribution in [-0.2, 0) is 17.8 Å². The van der Waals surface area contributed by atoms with Crippen LogP contribution in [-0.4, -0.2) is 39.1 Å². The second-order valence-corrected chi connectivity index (χ2v) is 6.32. The molecule has 0 bridgehead atoms. The van der Waals surface area contributed by atoms with Crippen LogP contribution in [0.25, 0.3) is 0 Å². The number of hydrogen-bond donors (Lipinski definition) is 3. The highest BCUT2D eigenvalue weighted by Crippen LogP contribution is 2.19. The summed E-state index contributed by atoms with van der Waals surface area (Å²) < 4.78 is 18.3. The first kappa shape index (κ1) is 21.2. The predicted octanol–water partition coefficient (Wildman–Crippen LogP) is 2.17. The summed E-state index contributed by atoms with van der Waals surface area (Å²) in [7, 11) is 3.34. The molecular formula is C21H27FN4O2. The molecule has 0 aliphatic heterocycles. The van der Waals surface area contributed by atoms with E-state index < -0.39 is 0 Å². The molecule has 2 aromatic carbocycles. The quantitative estimate of drug-likeness (QED) is 0.369. The van der Waals surface area contributed by atoms with Gasteiger partial charge in [0.25, 0.3) is 0 Å². The second kappa shape index (κ2) is 10.9.